The lowest BCUT2D eigenvalue weighted by Gasteiger charge is -1.94. The Hall–Kier alpha value is -1.58. The average Bonchev–Trinajstić information content (AvgIpc) is 2.13. The van der Waals surface area contributed by atoms with Crippen LogP contribution < -0.4 is 0 Å². The molecule has 0 atom stereocenters. The molecule has 16 heavy (non-hydrogen) atoms. The van der Waals surface area contributed by atoms with Gasteiger partial charge in [-0.1, -0.05) is 11.6 Å². The number of nitro benzene ring substituents is 1. The monoisotopic (exact) mass is 259 g/mol. The van der Waals surface area contributed by atoms with Crippen LogP contribution in [0, 0.1) is 21.3 Å². The van der Waals surface area contributed by atoms with Crippen LogP contribution in [0.1, 0.15) is 5.56 Å². The highest BCUT2D eigenvalue weighted by atomic mass is 35.5. The van der Waals surface area contributed by atoms with E-state index in [0.717, 1.165) is 18.4 Å². The van der Waals surface area contributed by atoms with Crippen molar-refractivity contribution in [1.29, 1.82) is 0 Å². The van der Waals surface area contributed by atoms with Crippen LogP contribution in [0.25, 0.3) is 0 Å². The topological polar surface area (TPSA) is 77.3 Å². The maximum Gasteiger partial charge on any atom is 0.272 e. The zero-order chi connectivity index (χ0) is 12.3. The molecular formula is C9H6ClNO4S. The van der Waals surface area contributed by atoms with Crippen molar-refractivity contribution in [3.05, 3.63) is 38.9 Å². The zero-order valence-electron chi connectivity index (χ0n) is 8.10. The average molecular weight is 260 g/mol. The molecule has 0 aliphatic carbocycles. The number of non-ortho nitro benzene ring substituents is 1. The summed E-state index contributed by atoms with van der Waals surface area (Å²) >= 11 is 5.62. The Labute approximate surface area is 97.1 Å². The molecule has 5 nitrogen and oxygen atoms in total. The highest BCUT2D eigenvalue weighted by Crippen LogP contribution is 2.20. The van der Waals surface area contributed by atoms with Crippen molar-refractivity contribution >= 4 is 27.1 Å². The van der Waals surface area contributed by atoms with E-state index < -0.39 is 14.8 Å². The molecule has 0 N–H and O–H groups in total. The van der Waals surface area contributed by atoms with Crippen LogP contribution in [-0.4, -0.2) is 19.6 Å². The SMILES string of the molecule is CS(=O)(=O)C#Cc1cc(Cl)cc([N+](=O)[O-])c1. The molecule has 0 bridgehead atoms. The minimum atomic E-state index is -3.44. The Morgan fingerprint density at radius 2 is 2.00 bits per heavy atom. The molecule has 84 valence electrons. The number of rotatable bonds is 1. The fourth-order valence-corrected chi connectivity index (χ4v) is 1.44. The van der Waals surface area contributed by atoms with Crippen molar-refractivity contribution in [1.82, 2.24) is 0 Å². The van der Waals surface area contributed by atoms with Gasteiger partial charge in [-0.25, -0.2) is 8.42 Å². The number of halogens is 1. The van der Waals surface area contributed by atoms with E-state index in [1.54, 1.807) is 0 Å². The maximum atomic E-state index is 10.8. The van der Waals surface area contributed by atoms with Crippen molar-refractivity contribution in [2.75, 3.05) is 6.26 Å². The van der Waals surface area contributed by atoms with Gasteiger partial charge in [0.15, 0.2) is 0 Å². The van der Waals surface area contributed by atoms with Crippen LogP contribution in [-0.2, 0) is 9.84 Å². The molecule has 0 aromatic heterocycles. The molecule has 0 fully saturated rings. The van der Waals surface area contributed by atoms with E-state index >= 15 is 0 Å². The molecule has 0 saturated carbocycles. The van der Waals surface area contributed by atoms with Crippen LogP contribution >= 0.6 is 11.6 Å². The molecule has 0 radical (unpaired) electrons. The van der Waals surface area contributed by atoms with E-state index in [9.17, 15) is 18.5 Å². The van der Waals surface area contributed by atoms with Crippen molar-refractivity contribution in [3.8, 4) is 11.2 Å². The second-order valence-corrected chi connectivity index (χ2v) is 5.14. The smallest absolute Gasteiger partial charge is 0.258 e. The lowest BCUT2D eigenvalue weighted by Crippen LogP contribution is -1.91. The first-order chi connectivity index (χ1) is 7.28. The summed E-state index contributed by atoms with van der Waals surface area (Å²) in [5.41, 5.74) is -0.0464. The van der Waals surface area contributed by atoms with Gasteiger partial charge in [0.25, 0.3) is 5.69 Å². The van der Waals surface area contributed by atoms with Crippen LogP contribution in [0.3, 0.4) is 0 Å². The molecule has 0 saturated heterocycles. The molecule has 1 rings (SSSR count). The van der Waals surface area contributed by atoms with Gasteiger partial charge in [0.1, 0.15) is 0 Å². The van der Waals surface area contributed by atoms with Crippen molar-refractivity contribution in [2.45, 2.75) is 0 Å². The number of nitrogens with zero attached hydrogens (tertiary/aromatic N) is 1. The van der Waals surface area contributed by atoms with E-state index in [2.05, 4.69) is 5.92 Å². The van der Waals surface area contributed by atoms with Gasteiger partial charge < -0.3 is 0 Å². The van der Waals surface area contributed by atoms with Gasteiger partial charge >= 0.3 is 0 Å². The standard InChI is InChI=1S/C9H6ClNO4S/c1-16(14,15)3-2-7-4-8(10)6-9(5-7)11(12)13/h4-6H,1H3. The van der Waals surface area contributed by atoms with E-state index in [1.807, 2.05) is 5.25 Å². The summed E-state index contributed by atoms with van der Waals surface area (Å²) in [7, 11) is -3.44. The van der Waals surface area contributed by atoms with Crippen molar-refractivity contribution in [3.63, 3.8) is 0 Å². The minimum absolute atomic E-state index is 0.131. The molecule has 1 aromatic carbocycles. The zero-order valence-corrected chi connectivity index (χ0v) is 9.67. The van der Waals surface area contributed by atoms with Gasteiger partial charge in [0.05, 0.1) is 11.2 Å². The Morgan fingerprint density at radius 1 is 1.38 bits per heavy atom. The van der Waals surface area contributed by atoms with Gasteiger partial charge in [-0.15, -0.1) is 0 Å². The van der Waals surface area contributed by atoms with Crippen molar-refractivity contribution < 1.29 is 13.3 Å². The predicted octanol–water partition coefficient (Wildman–Crippen LogP) is 1.60. The van der Waals surface area contributed by atoms with E-state index in [1.165, 1.54) is 6.07 Å². The number of sulfone groups is 1. The Morgan fingerprint density at radius 3 is 2.50 bits per heavy atom. The van der Waals surface area contributed by atoms with E-state index in [4.69, 9.17) is 11.6 Å². The second kappa shape index (κ2) is 4.51. The third-order valence-corrected chi connectivity index (χ3v) is 2.17. The van der Waals surface area contributed by atoms with Gasteiger partial charge in [-0.2, -0.15) is 0 Å². The van der Waals surface area contributed by atoms with Crippen LogP contribution in [0.5, 0.6) is 0 Å². The minimum Gasteiger partial charge on any atom is -0.258 e. The van der Waals surface area contributed by atoms with E-state index in [-0.39, 0.29) is 16.3 Å². The molecule has 0 unspecified atom stereocenters. The molecule has 0 aliphatic rings. The summed E-state index contributed by atoms with van der Waals surface area (Å²) < 4.78 is 21.5. The van der Waals surface area contributed by atoms with Crippen LogP contribution in [0.4, 0.5) is 5.69 Å². The van der Waals surface area contributed by atoms with Crippen LogP contribution in [0.15, 0.2) is 18.2 Å². The fourth-order valence-electron chi connectivity index (χ4n) is 0.903. The first-order valence-electron chi connectivity index (χ1n) is 3.96. The summed E-state index contributed by atoms with van der Waals surface area (Å²) in [6.07, 6.45) is 0.943. The molecule has 0 spiro atoms. The molecule has 1 aromatic rings. The molecular weight excluding hydrogens is 254 g/mol. The summed E-state index contributed by atoms with van der Waals surface area (Å²) in [6.45, 7) is 0. The summed E-state index contributed by atoms with van der Waals surface area (Å²) in [5.74, 6) is 2.29. The molecule has 0 amide bonds. The highest BCUT2D eigenvalue weighted by Gasteiger charge is 2.07. The molecule has 0 aliphatic heterocycles. The number of hydrogen-bond donors (Lipinski definition) is 0. The number of hydrogen-bond acceptors (Lipinski definition) is 4. The fraction of sp³-hybridized carbons (Fsp3) is 0.111. The molecule has 7 heteroatoms. The number of nitro groups is 1. The van der Waals surface area contributed by atoms with Gasteiger partial charge in [-0.05, 0) is 12.0 Å². The second-order valence-electron chi connectivity index (χ2n) is 2.95. The number of benzene rings is 1. The van der Waals surface area contributed by atoms with Gasteiger partial charge in [-0.3, -0.25) is 10.1 Å². The third-order valence-electron chi connectivity index (χ3n) is 1.47. The summed E-state index contributed by atoms with van der Waals surface area (Å²) in [6, 6.07) is 3.67. The lowest BCUT2D eigenvalue weighted by atomic mass is 10.2. The van der Waals surface area contributed by atoms with Crippen molar-refractivity contribution in [2.24, 2.45) is 0 Å². The lowest BCUT2D eigenvalue weighted by molar-refractivity contribution is -0.384. The first kappa shape index (κ1) is 12.5. The maximum absolute atomic E-state index is 10.8. The quantitative estimate of drug-likeness (QED) is 0.436. The predicted molar refractivity (Wildman–Crippen MR) is 59.8 cm³/mol. The summed E-state index contributed by atoms with van der Waals surface area (Å²) in [4.78, 5) is 9.86. The Kier molecular flexibility index (Phi) is 3.52. The van der Waals surface area contributed by atoms with Gasteiger partial charge in [0.2, 0.25) is 9.84 Å². The van der Waals surface area contributed by atoms with Crippen LogP contribution in [0.2, 0.25) is 5.02 Å². The Balaban J connectivity index is 3.25. The molecule has 0 heterocycles. The Bertz CT molecular complexity index is 598. The highest BCUT2D eigenvalue weighted by molar-refractivity contribution is 7.95. The van der Waals surface area contributed by atoms with Gasteiger partial charge in [0, 0.05) is 28.0 Å². The largest absolute Gasteiger partial charge is 0.272 e. The first-order valence-corrected chi connectivity index (χ1v) is 6.22. The normalized spacial score (nSPS) is 10.4. The summed E-state index contributed by atoms with van der Waals surface area (Å²) in [5, 5.41) is 12.6. The van der Waals surface area contributed by atoms with E-state index in [0.29, 0.717) is 0 Å². The third kappa shape index (κ3) is 3.88.